The fourth-order valence-corrected chi connectivity index (χ4v) is 2.88. The van der Waals surface area contributed by atoms with Gasteiger partial charge in [0.15, 0.2) is 6.10 Å². The number of nitrogens with one attached hydrogen (secondary N) is 1. The van der Waals surface area contributed by atoms with Crippen molar-refractivity contribution in [1.29, 1.82) is 0 Å². The van der Waals surface area contributed by atoms with E-state index in [0.29, 0.717) is 19.5 Å². The van der Waals surface area contributed by atoms with Crippen LogP contribution in [0.3, 0.4) is 0 Å². The van der Waals surface area contributed by atoms with Gasteiger partial charge >= 0.3 is 12.0 Å². The summed E-state index contributed by atoms with van der Waals surface area (Å²) in [6.45, 7) is 2.76. The number of anilines is 1. The van der Waals surface area contributed by atoms with E-state index in [1.807, 2.05) is 0 Å². The van der Waals surface area contributed by atoms with Crippen molar-refractivity contribution in [3.05, 3.63) is 29.8 Å². The Morgan fingerprint density at radius 2 is 1.88 bits per heavy atom. The summed E-state index contributed by atoms with van der Waals surface area (Å²) in [6.07, 6.45) is 0.302. The van der Waals surface area contributed by atoms with Gasteiger partial charge in [0.05, 0.1) is 5.56 Å². The highest BCUT2D eigenvalue weighted by atomic mass is 16.5. The number of ether oxygens (including phenoxy) is 1. The predicted octanol–water partition coefficient (Wildman–Crippen LogP) is 0.910. The van der Waals surface area contributed by atoms with E-state index in [-0.39, 0.29) is 18.0 Å². The van der Waals surface area contributed by atoms with Crippen molar-refractivity contribution in [1.82, 2.24) is 10.2 Å². The lowest BCUT2D eigenvalue weighted by Gasteiger charge is -2.18. The van der Waals surface area contributed by atoms with Crippen LogP contribution >= 0.6 is 0 Å². The molecule has 25 heavy (non-hydrogen) atoms. The van der Waals surface area contributed by atoms with Gasteiger partial charge < -0.3 is 15.0 Å². The Hall–Kier alpha value is -2.90. The molecular formula is C17H19N3O5. The number of carbonyl (C=O) groups excluding carboxylic acids is 4. The molecule has 132 valence electrons. The lowest BCUT2D eigenvalue weighted by Crippen LogP contribution is -2.41. The highest BCUT2D eigenvalue weighted by Gasteiger charge is 2.31. The van der Waals surface area contributed by atoms with Crippen LogP contribution in [0.2, 0.25) is 0 Å². The zero-order chi connectivity index (χ0) is 18.0. The van der Waals surface area contributed by atoms with Gasteiger partial charge in [-0.15, -0.1) is 0 Å². The maximum atomic E-state index is 12.2. The van der Waals surface area contributed by atoms with Crippen LogP contribution in [-0.2, 0) is 14.3 Å². The number of rotatable bonds is 4. The fourth-order valence-electron chi connectivity index (χ4n) is 2.88. The number of hydrogen-bond acceptors (Lipinski definition) is 5. The number of amides is 4. The first-order chi connectivity index (χ1) is 12.0. The number of carbonyl (C=O) groups is 4. The standard InChI is InChI=1S/C17H19N3O5/c1-11(15(22)20-10-8-18-17(20)24)25-16(23)12-4-6-13(7-5-12)19-9-2-3-14(19)21/h4-7,11H,2-3,8-10H2,1H3,(H,18,24)/t11-/m0/s1. The van der Waals surface area contributed by atoms with Gasteiger partial charge in [-0.2, -0.15) is 0 Å². The van der Waals surface area contributed by atoms with Gasteiger partial charge in [-0.05, 0) is 37.6 Å². The molecule has 2 heterocycles. The third-order valence-corrected chi connectivity index (χ3v) is 4.24. The van der Waals surface area contributed by atoms with Crippen LogP contribution in [0.15, 0.2) is 24.3 Å². The molecule has 0 bridgehead atoms. The van der Waals surface area contributed by atoms with Gasteiger partial charge in [0, 0.05) is 31.7 Å². The highest BCUT2D eigenvalue weighted by molar-refractivity contribution is 6.00. The molecule has 1 N–H and O–H groups in total. The van der Waals surface area contributed by atoms with Crippen molar-refractivity contribution in [3.8, 4) is 0 Å². The summed E-state index contributed by atoms with van der Waals surface area (Å²) >= 11 is 0. The molecule has 2 fully saturated rings. The SMILES string of the molecule is C[C@H](OC(=O)c1ccc(N2CCCC2=O)cc1)C(=O)N1CCNC1=O. The summed E-state index contributed by atoms with van der Waals surface area (Å²) in [5.41, 5.74) is 1.01. The third kappa shape index (κ3) is 3.47. The minimum Gasteiger partial charge on any atom is -0.449 e. The molecule has 1 atom stereocenters. The van der Waals surface area contributed by atoms with E-state index in [9.17, 15) is 19.2 Å². The summed E-state index contributed by atoms with van der Waals surface area (Å²) in [5, 5.41) is 2.52. The van der Waals surface area contributed by atoms with Crippen LogP contribution in [0.25, 0.3) is 0 Å². The summed E-state index contributed by atoms with van der Waals surface area (Å²) < 4.78 is 5.15. The summed E-state index contributed by atoms with van der Waals surface area (Å²) in [7, 11) is 0. The van der Waals surface area contributed by atoms with E-state index in [1.165, 1.54) is 6.92 Å². The maximum absolute atomic E-state index is 12.2. The van der Waals surface area contributed by atoms with E-state index < -0.39 is 24.0 Å². The summed E-state index contributed by atoms with van der Waals surface area (Å²) in [5.74, 6) is -1.14. The van der Waals surface area contributed by atoms with Crippen LogP contribution in [0.5, 0.6) is 0 Å². The first-order valence-electron chi connectivity index (χ1n) is 8.18. The Morgan fingerprint density at radius 3 is 2.44 bits per heavy atom. The second kappa shape index (κ2) is 6.92. The molecule has 8 heteroatoms. The number of hydrogen-bond donors (Lipinski definition) is 1. The number of urea groups is 1. The highest BCUT2D eigenvalue weighted by Crippen LogP contribution is 2.22. The fraction of sp³-hybridized carbons (Fsp3) is 0.412. The molecule has 0 saturated carbocycles. The Morgan fingerprint density at radius 1 is 1.16 bits per heavy atom. The van der Waals surface area contributed by atoms with Gasteiger partial charge in [-0.25, -0.2) is 9.59 Å². The van der Waals surface area contributed by atoms with E-state index in [0.717, 1.165) is 17.0 Å². The quantitative estimate of drug-likeness (QED) is 0.818. The second-order valence-electron chi connectivity index (χ2n) is 5.97. The van der Waals surface area contributed by atoms with Gasteiger partial charge in [0.1, 0.15) is 0 Å². The average Bonchev–Trinajstić information content (AvgIpc) is 3.22. The smallest absolute Gasteiger partial charge is 0.338 e. The van der Waals surface area contributed by atoms with Crippen LogP contribution in [-0.4, -0.2) is 54.5 Å². The largest absolute Gasteiger partial charge is 0.449 e. The van der Waals surface area contributed by atoms with Gasteiger partial charge in [0.25, 0.3) is 5.91 Å². The molecule has 0 aromatic heterocycles. The molecule has 4 amide bonds. The minimum atomic E-state index is -1.06. The summed E-state index contributed by atoms with van der Waals surface area (Å²) in [6, 6.07) is 6.00. The van der Waals surface area contributed by atoms with E-state index in [1.54, 1.807) is 29.2 Å². The topological polar surface area (TPSA) is 96.0 Å². The lowest BCUT2D eigenvalue weighted by molar-refractivity contribution is -0.136. The van der Waals surface area contributed by atoms with E-state index >= 15 is 0 Å². The Balaban J connectivity index is 1.62. The molecule has 3 rings (SSSR count). The Bertz CT molecular complexity index is 715. The molecule has 2 aliphatic heterocycles. The Labute approximate surface area is 144 Å². The average molecular weight is 345 g/mol. The normalized spacial score (nSPS) is 18.3. The molecule has 2 saturated heterocycles. The van der Waals surface area contributed by atoms with Crippen molar-refractivity contribution in [2.45, 2.75) is 25.9 Å². The molecule has 8 nitrogen and oxygen atoms in total. The first-order valence-corrected chi connectivity index (χ1v) is 8.18. The summed E-state index contributed by atoms with van der Waals surface area (Å²) in [4.78, 5) is 50.2. The van der Waals surface area contributed by atoms with Crippen molar-refractivity contribution in [3.63, 3.8) is 0 Å². The number of imide groups is 1. The maximum Gasteiger partial charge on any atom is 0.338 e. The number of benzene rings is 1. The third-order valence-electron chi connectivity index (χ3n) is 4.24. The molecule has 0 unspecified atom stereocenters. The van der Waals surface area contributed by atoms with E-state index in [2.05, 4.69) is 5.32 Å². The Kier molecular flexibility index (Phi) is 4.69. The van der Waals surface area contributed by atoms with E-state index in [4.69, 9.17) is 4.74 Å². The lowest BCUT2D eigenvalue weighted by atomic mass is 10.2. The minimum absolute atomic E-state index is 0.0680. The molecule has 0 aliphatic carbocycles. The number of nitrogens with zero attached hydrogens (tertiary/aromatic N) is 2. The second-order valence-corrected chi connectivity index (χ2v) is 5.97. The molecule has 0 spiro atoms. The molecule has 1 aromatic rings. The van der Waals surface area contributed by atoms with Crippen molar-refractivity contribution >= 4 is 29.5 Å². The molecular weight excluding hydrogens is 326 g/mol. The van der Waals surface area contributed by atoms with Crippen LogP contribution in [0.4, 0.5) is 10.5 Å². The van der Waals surface area contributed by atoms with Crippen LogP contribution < -0.4 is 10.2 Å². The van der Waals surface area contributed by atoms with Gasteiger partial charge in [-0.1, -0.05) is 0 Å². The van der Waals surface area contributed by atoms with Crippen LogP contribution in [0.1, 0.15) is 30.1 Å². The molecule has 2 aliphatic rings. The van der Waals surface area contributed by atoms with Crippen LogP contribution in [0, 0.1) is 0 Å². The number of esters is 1. The van der Waals surface area contributed by atoms with Crippen molar-refractivity contribution in [2.24, 2.45) is 0 Å². The van der Waals surface area contributed by atoms with Gasteiger partial charge in [0.2, 0.25) is 5.91 Å². The predicted molar refractivity (Wildman–Crippen MR) is 88.0 cm³/mol. The molecule has 0 radical (unpaired) electrons. The van der Waals surface area contributed by atoms with Crippen molar-refractivity contribution < 1.29 is 23.9 Å². The first kappa shape index (κ1) is 16.9. The zero-order valence-corrected chi connectivity index (χ0v) is 13.9. The van der Waals surface area contributed by atoms with Gasteiger partial charge in [-0.3, -0.25) is 14.5 Å². The zero-order valence-electron chi connectivity index (χ0n) is 13.9. The van der Waals surface area contributed by atoms with Crippen molar-refractivity contribution in [2.75, 3.05) is 24.5 Å². The monoisotopic (exact) mass is 345 g/mol. The molecule has 1 aromatic carbocycles.